The quantitative estimate of drug-likeness (QED) is 0.764. The first-order valence-electron chi connectivity index (χ1n) is 6.50. The molecule has 2 N–H and O–H groups in total. The number of ether oxygens (including phenoxy) is 1. The van der Waals surface area contributed by atoms with Gasteiger partial charge in [0.1, 0.15) is 5.69 Å². The van der Waals surface area contributed by atoms with E-state index in [2.05, 4.69) is 9.97 Å². The van der Waals surface area contributed by atoms with Crippen LogP contribution in [-0.2, 0) is 21.2 Å². The number of carbonyl (C=O) groups excluding carboxylic acids is 1. The molecule has 1 atom stereocenters. The van der Waals surface area contributed by atoms with Crippen molar-refractivity contribution in [3.8, 4) is 0 Å². The lowest BCUT2D eigenvalue weighted by molar-refractivity contribution is 0.0995. The van der Waals surface area contributed by atoms with Gasteiger partial charge in [-0.1, -0.05) is 0 Å². The van der Waals surface area contributed by atoms with Crippen molar-refractivity contribution < 1.29 is 17.9 Å². The number of nitrogens with zero attached hydrogens (tertiary/aromatic N) is 3. The lowest BCUT2D eigenvalue weighted by Crippen LogP contribution is -2.35. The molecule has 116 valence electrons. The maximum Gasteiger partial charge on any atom is 0.268 e. The maximum absolute atomic E-state index is 11.6. The van der Waals surface area contributed by atoms with Crippen LogP contribution >= 0.6 is 0 Å². The molecule has 1 aromatic heterocycles. The summed E-state index contributed by atoms with van der Waals surface area (Å²) in [5.41, 5.74) is 5.88. The van der Waals surface area contributed by atoms with Gasteiger partial charge in [0, 0.05) is 25.2 Å². The molecule has 8 nitrogen and oxygen atoms in total. The molecule has 1 aliphatic heterocycles. The third kappa shape index (κ3) is 4.45. The number of primary amides is 1. The number of hydrogen-bond donors (Lipinski definition) is 1. The number of hydrogen-bond acceptors (Lipinski definition) is 6. The van der Waals surface area contributed by atoms with E-state index < -0.39 is 15.9 Å². The lowest BCUT2D eigenvalue weighted by atomic mass is 10.0. The molecule has 1 aliphatic rings. The Balaban J connectivity index is 2.05. The van der Waals surface area contributed by atoms with Crippen molar-refractivity contribution in [3.63, 3.8) is 0 Å². The van der Waals surface area contributed by atoms with Crippen LogP contribution in [0, 0.1) is 5.92 Å². The molecule has 1 unspecified atom stereocenters. The molecule has 1 aromatic rings. The summed E-state index contributed by atoms with van der Waals surface area (Å²) in [6.45, 7) is 1.60. The Morgan fingerprint density at radius 3 is 2.81 bits per heavy atom. The van der Waals surface area contributed by atoms with Gasteiger partial charge in [-0.05, 0) is 6.42 Å². The summed E-state index contributed by atoms with van der Waals surface area (Å²) < 4.78 is 30.1. The van der Waals surface area contributed by atoms with Gasteiger partial charge >= 0.3 is 0 Å². The molecular weight excluding hydrogens is 296 g/mol. The van der Waals surface area contributed by atoms with Crippen LogP contribution < -0.4 is 5.73 Å². The Hall–Kier alpha value is -1.58. The molecule has 1 saturated heterocycles. The van der Waals surface area contributed by atoms with Crippen molar-refractivity contribution in [2.45, 2.75) is 6.42 Å². The predicted octanol–water partition coefficient (Wildman–Crippen LogP) is -0.974. The van der Waals surface area contributed by atoms with Gasteiger partial charge in [0.05, 0.1) is 31.4 Å². The zero-order valence-corrected chi connectivity index (χ0v) is 12.5. The molecular formula is C12H18N4O4S. The zero-order valence-electron chi connectivity index (χ0n) is 11.7. The van der Waals surface area contributed by atoms with Crippen LogP contribution in [0.2, 0.25) is 0 Å². The highest BCUT2D eigenvalue weighted by Crippen LogP contribution is 2.14. The monoisotopic (exact) mass is 314 g/mol. The van der Waals surface area contributed by atoms with Crippen molar-refractivity contribution in [2.24, 2.45) is 11.7 Å². The molecule has 0 radical (unpaired) electrons. The number of nitrogens with two attached hydrogens (primary N) is 1. The number of aromatic nitrogens is 2. The number of carbonyl (C=O) groups is 1. The van der Waals surface area contributed by atoms with E-state index in [1.165, 1.54) is 23.0 Å². The Bertz CT molecular complexity index is 602. The summed E-state index contributed by atoms with van der Waals surface area (Å²) in [5, 5.41) is 0. The minimum absolute atomic E-state index is 0.00375. The molecule has 2 rings (SSSR count). The lowest BCUT2D eigenvalue weighted by Gasteiger charge is -2.20. The Morgan fingerprint density at radius 2 is 2.24 bits per heavy atom. The van der Waals surface area contributed by atoms with Crippen molar-refractivity contribution in [2.75, 3.05) is 32.6 Å². The summed E-state index contributed by atoms with van der Waals surface area (Å²) in [5.74, 6) is -0.633. The molecule has 0 bridgehead atoms. The molecule has 0 saturated carbocycles. The first kappa shape index (κ1) is 15.8. The van der Waals surface area contributed by atoms with Crippen molar-refractivity contribution in [3.05, 3.63) is 23.8 Å². The van der Waals surface area contributed by atoms with Crippen molar-refractivity contribution in [1.29, 1.82) is 0 Å². The topological polar surface area (TPSA) is 115 Å². The molecule has 1 amide bonds. The highest BCUT2D eigenvalue weighted by atomic mass is 32.2. The molecule has 0 spiro atoms. The van der Waals surface area contributed by atoms with Crippen LogP contribution in [-0.4, -0.2) is 61.2 Å². The molecule has 9 heteroatoms. The summed E-state index contributed by atoms with van der Waals surface area (Å²) in [4.78, 5) is 19.0. The van der Waals surface area contributed by atoms with Crippen LogP contribution in [0.25, 0.3) is 0 Å². The van der Waals surface area contributed by atoms with Crippen LogP contribution in [0.3, 0.4) is 0 Å². The Kier molecular flexibility index (Phi) is 4.86. The second-order valence-corrected chi connectivity index (χ2v) is 7.01. The van der Waals surface area contributed by atoms with Gasteiger partial charge in [0.15, 0.2) is 0 Å². The number of sulfonamides is 1. The molecule has 0 aromatic carbocycles. The van der Waals surface area contributed by atoms with Gasteiger partial charge in [-0.2, -0.15) is 4.31 Å². The average Bonchev–Trinajstić information content (AvgIpc) is 2.64. The van der Waals surface area contributed by atoms with E-state index in [1.807, 2.05) is 0 Å². The van der Waals surface area contributed by atoms with E-state index in [1.54, 1.807) is 0 Å². The maximum atomic E-state index is 11.6. The van der Waals surface area contributed by atoms with Crippen molar-refractivity contribution >= 4 is 15.9 Å². The van der Waals surface area contributed by atoms with Gasteiger partial charge in [0.25, 0.3) is 5.91 Å². The molecule has 0 aliphatic carbocycles. The number of amides is 1. The smallest absolute Gasteiger partial charge is 0.268 e. The van der Waals surface area contributed by atoms with Crippen LogP contribution in [0.1, 0.15) is 16.2 Å². The van der Waals surface area contributed by atoms with Crippen molar-refractivity contribution in [1.82, 2.24) is 14.3 Å². The normalized spacial score (nSPS) is 20.9. The summed E-state index contributed by atoms with van der Waals surface area (Å²) >= 11 is 0. The van der Waals surface area contributed by atoms with E-state index in [9.17, 15) is 13.2 Å². The highest BCUT2D eigenvalue weighted by molar-refractivity contribution is 7.88. The minimum Gasteiger partial charge on any atom is -0.380 e. The fraction of sp³-hybridized carbons (Fsp3) is 0.583. The van der Waals surface area contributed by atoms with E-state index in [4.69, 9.17) is 10.5 Å². The largest absolute Gasteiger partial charge is 0.380 e. The summed E-state index contributed by atoms with van der Waals surface area (Å²) in [6.07, 6.45) is 4.52. The zero-order chi connectivity index (χ0) is 15.5. The van der Waals surface area contributed by atoms with Gasteiger partial charge < -0.3 is 10.5 Å². The molecule has 2 heterocycles. The fourth-order valence-corrected chi connectivity index (χ4v) is 3.04. The second-order valence-electron chi connectivity index (χ2n) is 5.02. The second kappa shape index (κ2) is 6.46. The van der Waals surface area contributed by atoms with Crippen LogP contribution in [0.4, 0.5) is 0 Å². The minimum atomic E-state index is -3.24. The van der Waals surface area contributed by atoms with E-state index in [-0.39, 0.29) is 11.6 Å². The highest BCUT2D eigenvalue weighted by Gasteiger charge is 2.25. The van der Waals surface area contributed by atoms with Crippen LogP contribution in [0.5, 0.6) is 0 Å². The van der Waals surface area contributed by atoms with Gasteiger partial charge in [-0.15, -0.1) is 0 Å². The fourth-order valence-electron chi connectivity index (χ4n) is 2.16. The summed E-state index contributed by atoms with van der Waals surface area (Å²) in [6, 6.07) is 0. The average molecular weight is 314 g/mol. The molecule has 21 heavy (non-hydrogen) atoms. The Morgan fingerprint density at radius 1 is 1.48 bits per heavy atom. The van der Waals surface area contributed by atoms with E-state index in [0.29, 0.717) is 38.4 Å². The summed E-state index contributed by atoms with van der Waals surface area (Å²) in [7, 11) is -3.24. The Labute approximate surface area is 123 Å². The first-order valence-corrected chi connectivity index (χ1v) is 8.34. The van der Waals surface area contributed by atoms with Gasteiger partial charge in [0.2, 0.25) is 10.0 Å². The van der Waals surface area contributed by atoms with E-state index in [0.717, 1.165) is 0 Å². The van der Waals surface area contributed by atoms with E-state index >= 15 is 0 Å². The standard InChI is InChI=1S/C12H18N4O4S/c1-21(18,19)16-2-3-20-8-9(7-16)4-10-5-15-11(6-14-10)12(13)17/h5-6,9H,2-4,7-8H2,1H3,(H2,13,17). The molecule has 1 fully saturated rings. The van der Waals surface area contributed by atoms with Gasteiger partial charge in [-0.3, -0.25) is 9.78 Å². The third-order valence-electron chi connectivity index (χ3n) is 3.23. The predicted molar refractivity (Wildman–Crippen MR) is 75.0 cm³/mol. The van der Waals surface area contributed by atoms with Gasteiger partial charge in [-0.25, -0.2) is 13.4 Å². The SMILES string of the molecule is CS(=O)(=O)N1CCOCC(Cc2cnc(C(N)=O)cn2)C1. The first-order chi connectivity index (χ1) is 9.86. The van der Waals surface area contributed by atoms with Crippen LogP contribution in [0.15, 0.2) is 12.4 Å². The number of rotatable bonds is 4. The third-order valence-corrected chi connectivity index (χ3v) is 4.49.